The van der Waals surface area contributed by atoms with Gasteiger partial charge in [0.25, 0.3) is 0 Å². The van der Waals surface area contributed by atoms with Crippen LogP contribution in [0.3, 0.4) is 0 Å². The molecule has 1 aromatic rings. The fourth-order valence-electron chi connectivity index (χ4n) is 2.25. The highest BCUT2D eigenvalue weighted by atomic mass is 16.7. The summed E-state index contributed by atoms with van der Waals surface area (Å²) in [6.45, 7) is 3.14. The summed E-state index contributed by atoms with van der Waals surface area (Å²) < 4.78 is 16.0. The molecule has 6 heteroatoms. The van der Waals surface area contributed by atoms with Crippen LogP contribution in [-0.4, -0.2) is 46.9 Å². The van der Waals surface area contributed by atoms with E-state index in [0.717, 1.165) is 5.56 Å². The Morgan fingerprint density at radius 1 is 1.24 bits per heavy atom. The molecule has 0 radical (unpaired) electrons. The lowest BCUT2D eigenvalue weighted by atomic mass is 9.99. The molecule has 0 aromatic heterocycles. The van der Waals surface area contributed by atoms with E-state index in [1.165, 1.54) is 6.92 Å². The predicted octanol–water partition coefficient (Wildman–Crippen LogP) is 0.601. The van der Waals surface area contributed by atoms with Gasteiger partial charge in [0.1, 0.15) is 12.2 Å². The van der Waals surface area contributed by atoms with Crippen molar-refractivity contribution >= 4 is 5.97 Å². The SMILES string of the molecule is CC(=O)O[C@@H]1[C@@H](O)[C@@H](O)[C@H](OCc2ccccc2)O[C@H]1C. The molecule has 1 aliphatic heterocycles. The van der Waals surface area contributed by atoms with Crippen LogP contribution in [0.15, 0.2) is 30.3 Å². The van der Waals surface area contributed by atoms with E-state index >= 15 is 0 Å². The van der Waals surface area contributed by atoms with Gasteiger partial charge in [-0.15, -0.1) is 0 Å². The molecule has 0 unspecified atom stereocenters. The Morgan fingerprint density at radius 3 is 2.52 bits per heavy atom. The van der Waals surface area contributed by atoms with Crippen molar-refractivity contribution in [3.8, 4) is 0 Å². The number of rotatable bonds is 4. The first kappa shape index (κ1) is 15.9. The molecule has 2 N–H and O–H groups in total. The zero-order valence-electron chi connectivity index (χ0n) is 12.0. The van der Waals surface area contributed by atoms with E-state index in [1.807, 2.05) is 30.3 Å². The second kappa shape index (κ2) is 7.00. The van der Waals surface area contributed by atoms with E-state index in [4.69, 9.17) is 14.2 Å². The molecule has 0 spiro atoms. The largest absolute Gasteiger partial charge is 0.457 e. The highest BCUT2D eigenvalue weighted by molar-refractivity contribution is 5.66. The standard InChI is InChI=1S/C15H20O6/c1-9-14(21-10(2)16)12(17)13(18)15(20-9)19-8-11-6-4-3-5-7-11/h3-7,9,12-15,17-18H,8H2,1-2H3/t9-,12-,13+,14-,15+/m0/s1. The minimum absolute atomic E-state index is 0.250. The molecule has 2 rings (SSSR count). The van der Waals surface area contributed by atoms with Crippen LogP contribution in [0.2, 0.25) is 0 Å². The maximum absolute atomic E-state index is 11.0. The second-order valence-electron chi connectivity index (χ2n) is 5.06. The van der Waals surface area contributed by atoms with Crippen molar-refractivity contribution in [2.75, 3.05) is 0 Å². The molecule has 5 atom stereocenters. The highest BCUT2D eigenvalue weighted by Gasteiger charge is 2.45. The van der Waals surface area contributed by atoms with Gasteiger partial charge in [-0.05, 0) is 12.5 Å². The lowest BCUT2D eigenvalue weighted by molar-refractivity contribution is -0.298. The summed E-state index contributed by atoms with van der Waals surface area (Å²) in [5.41, 5.74) is 0.928. The molecule has 0 saturated carbocycles. The number of hydrogen-bond acceptors (Lipinski definition) is 6. The summed E-state index contributed by atoms with van der Waals surface area (Å²) >= 11 is 0. The summed E-state index contributed by atoms with van der Waals surface area (Å²) in [6, 6.07) is 9.43. The fourth-order valence-corrected chi connectivity index (χ4v) is 2.25. The first-order valence-electron chi connectivity index (χ1n) is 6.83. The molecule has 1 fully saturated rings. The van der Waals surface area contributed by atoms with E-state index in [9.17, 15) is 15.0 Å². The van der Waals surface area contributed by atoms with Crippen LogP contribution in [0, 0.1) is 0 Å². The second-order valence-corrected chi connectivity index (χ2v) is 5.06. The molecule has 116 valence electrons. The van der Waals surface area contributed by atoms with Crippen molar-refractivity contribution < 1.29 is 29.2 Å². The quantitative estimate of drug-likeness (QED) is 0.792. The molecule has 21 heavy (non-hydrogen) atoms. The Hall–Kier alpha value is -1.47. The lowest BCUT2D eigenvalue weighted by Crippen LogP contribution is -2.58. The monoisotopic (exact) mass is 296 g/mol. The van der Waals surface area contributed by atoms with Crippen LogP contribution in [-0.2, 0) is 25.6 Å². The molecule has 0 amide bonds. The number of aliphatic hydroxyl groups is 2. The highest BCUT2D eigenvalue weighted by Crippen LogP contribution is 2.25. The topological polar surface area (TPSA) is 85.2 Å². The summed E-state index contributed by atoms with van der Waals surface area (Å²) in [5, 5.41) is 20.1. The summed E-state index contributed by atoms with van der Waals surface area (Å²) in [7, 11) is 0. The number of hydrogen-bond donors (Lipinski definition) is 2. The van der Waals surface area contributed by atoms with Crippen molar-refractivity contribution in [2.24, 2.45) is 0 Å². The van der Waals surface area contributed by atoms with Gasteiger partial charge in [-0.2, -0.15) is 0 Å². The van der Waals surface area contributed by atoms with Crippen molar-refractivity contribution in [2.45, 2.75) is 51.2 Å². The van der Waals surface area contributed by atoms with Gasteiger partial charge >= 0.3 is 5.97 Å². The van der Waals surface area contributed by atoms with Crippen LogP contribution in [0.4, 0.5) is 0 Å². The maximum atomic E-state index is 11.0. The molecule has 1 saturated heterocycles. The van der Waals surface area contributed by atoms with Crippen LogP contribution in [0.5, 0.6) is 0 Å². The van der Waals surface area contributed by atoms with Gasteiger partial charge in [0, 0.05) is 6.92 Å². The van der Waals surface area contributed by atoms with Gasteiger partial charge in [0.2, 0.25) is 0 Å². The Labute approximate surface area is 123 Å². The smallest absolute Gasteiger partial charge is 0.303 e. The van der Waals surface area contributed by atoms with Gasteiger partial charge in [0.05, 0.1) is 12.7 Å². The minimum Gasteiger partial charge on any atom is -0.457 e. The first-order chi connectivity index (χ1) is 9.99. The normalized spacial score (nSPS) is 32.7. The van der Waals surface area contributed by atoms with Crippen molar-refractivity contribution in [3.63, 3.8) is 0 Å². The Bertz CT molecular complexity index is 462. The average Bonchev–Trinajstić information content (AvgIpc) is 2.47. The average molecular weight is 296 g/mol. The first-order valence-corrected chi connectivity index (χ1v) is 6.83. The Kier molecular flexibility index (Phi) is 5.30. The molecule has 0 bridgehead atoms. The summed E-state index contributed by atoms with van der Waals surface area (Å²) in [6.07, 6.45) is -4.99. The molecule has 1 aliphatic rings. The fraction of sp³-hybridized carbons (Fsp3) is 0.533. The van der Waals surface area contributed by atoms with Gasteiger partial charge in [-0.25, -0.2) is 0 Å². The minimum atomic E-state index is -1.28. The Balaban J connectivity index is 1.95. The number of benzene rings is 1. The van der Waals surface area contributed by atoms with Gasteiger partial charge < -0.3 is 24.4 Å². The van der Waals surface area contributed by atoms with E-state index in [1.54, 1.807) is 6.92 Å². The number of esters is 1. The third kappa shape index (κ3) is 4.01. The van der Waals surface area contributed by atoms with E-state index < -0.39 is 36.7 Å². The number of aliphatic hydroxyl groups excluding tert-OH is 2. The number of carbonyl (C=O) groups is 1. The molecule has 6 nitrogen and oxygen atoms in total. The molecule has 1 aromatic carbocycles. The van der Waals surface area contributed by atoms with Crippen molar-refractivity contribution in [1.82, 2.24) is 0 Å². The van der Waals surface area contributed by atoms with Crippen LogP contribution in [0.25, 0.3) is 0 Å². The van der Waals surface area contributed by atoms with Crippen molar-refractivity contribution in [3.05, 3.63) is 35.9 Å². The van der Waals surface area contributed by atoms with Gasteiger partial charge in [-0.1, -0.05) is 30.3 Å². The van der Waals surface area contributed by atoms with Crippen LogP contribution < -0.4 is 0 Å². The predicted molar refractivity (Wildman–Crippen MR) is 73.1 cm³/mol. The van der Waals surface area contributed by atoms with E-state index in [2.05, 4.69) is 0 Å². The van der Waals surface area contributed by atoms with Crippen molar-refractivity contribution in [1.29, 1.82) is 0 Å². The van der Waals surface area contributed by atoms with E-state index in [0.29, 0.717) is 0 Å². The van der Waals surface area contributed by atoms with E-state index in [-0.39, 0.29) is 6.61 Å². The third-order valence-corrected chi connectivity index (χ3v) is 3.34. The van der Waals surface area contributed by atoms with Crippen LogP contribution >= 0.6 is 0 Å². The number of carbonyl (C=O) groups excluding carboxylic acids is 1. The van der Waals surface area contributed by atoms with Gasteiger partial charge in [0.15, 0.2) is 12.4 Å². The summed E-state index contributed by atoms with van der Waals surface area (Å²) in [5.74, 6) is -0.537. The summed E-state index contributed by atoms with van der Waals surface area (Å²) in [4.78, 5) is 11.0. The number of ether oxygens (including phenoxy) is 3. The zero-order valence-corrected chi connectivity index (χ0v) is 12.0. The lowest BCUT2D eigenvalue weighted by Gasteiger charge is -2.40. The molecular formula is C15H20O6. The Morgan fingerprint density at radius 2 is 1.90 bits per heavy atom. The molecular weight excluding hydrogens is 276 g/mol. The van der Waals surface area contributed by atoms with Gasteiger partial charge in [-0.3, -0.25) is 4.79 Å². The molecule has 0 aliphatic carbocycles. The van der Waals surface area contributed by atoms with Crippen LogP contribution in [0.1, 0.15) is 19.4 Å². The maximum Gasteiger partial charge on any atom is 0.303 e. The molecule has 1 heterocycles. The third-order valence-electron chi connectivity index (χ3n) is 3.34. The zero-order chi connectivity index (χ0) is 15.4.